The van der Waals surface area contributed by atoms with E-state index in [1.54, 1.807) is 39.0 Å². The highest BCUT2D eigenvalue weighted by Gasteiger charge is 2.69. The van der Waals surface area contributed by atoms with Crippen LogP contribution in [0.5, 0.6) is 0 Å². The summed E-state index contributed by atoms with van der Waals surface area (Å²) in [5.74, 6) is 4.23. The molecule has 0 saturated heterocycles. The van der Waals surface area contributed by atoms with Crippen LogP contribution in [0.3, 0.4) is 0 Å². The van der Waals surface area contributed by atoms with Gasteiger partial charge in [0.25, 0.3) is 0 Å². The molecule has 1 spiro atoms. The number of hydrogen-bond donors (Lipinski definition) is 0. The maximum absolute atomic E-state index is 2.67. The molecule has 4 aliphatic rings. The van der Waals surface area contributed by atoms with Crippen molar-refractivity contribution in [3.63, 3.8) is 0 Å². The van der Waals surface area contributed by atoms with Crippen LogP contribution in [0.4, 0.5) is 0 Å². The number of fused-ring (bicyclic) bond motifs is 12. The van der Waals surface area contributed by atoms with Gasteiger partial charge in [-0.05, 0) is 119 Å². The predicted octanol–water partition coefficient (Wildman–Crippen LogP) is 12.6. The number of hydrogen-bond acceptors (Lipinski definition) is 0. The van der Waals surface area contributed by atoms with Crippen LogP contribution < -0.4 is 0 Å². The van der Waals surface area contributed by atoms with E-state index < -0.39 is 0 Å². The average Bonchev–Trinajstić information content (AvgIpc) is 3.51. The Morgan fingerprint density at radius 3 is 1.72 bits per heavy atom. The van der Waals surface area contributed by atoms with Crippen molar-refractivity contribution in [2.24, 2.45) is 35.5 Å². The lowest BCUT2D eigenvalue weighted by Gasteiger charge is -2.66. The van der Waals surface area contributed by atoms with Gasteiger partial charge in [-0.3, -0.25) is 0 Å². The first-order chi connectivity index (χ1) is 21.7. The van der Waals surface area contributed by atoms with Crippen molar-refractivity contribution < 1.29 is 0 Å². The lowest BCUT2D eigenvalue weighted by atomic mass is 9.37. The molecule has 0 amide bonds. The first-order valence-electron chi connectivity index (χ1n) is 18.3. The SMILES string of the molecule is CC(C)c1cc2c(c3ccccc13)C1(c3ccc4c(c3-2)C(C)(C)C2=C4C(C)(C)c3ccccc32)C(C(C)C)C(C(C)C)C1C(C)C. The maximum Gasteiger partial charge on any atom is 0.0288 e. The van der Waals surface area contributed by atoms with Crippen LogP contribution in [0, 0.1) is 35.5 Å². The van der Waals surface area contributed by atoms with Crippen molar-refractivity contribution in [1.29, 1.82) is 0 Å². The Bertz CT molecular complexity index is 1950. The Labute approximate surface area is 278 Å². The van der Waals surface area contributed by atoms with Crippen molar-refractivity contribution in [2.75, 3.05) is 0 Å². The molecule has 0 heterocycles. The second-order valence-electron chi connectivity index (χ2n) is 17.8. The van der Waals surface area contributed by atoms with Gasteiger partial charge in [-0.1, -0.05) is 144 Å². The monoisotopic (exact) mass is 606 g/mol. The zero-order chi connectivity index (χ0) is 32.8. The van der Waals surface area contributed by atoms with Crippen LogP contribution in [-0.2, 0) is 16.2 Å². The molecule has 4 aliphatic carbocycles. The normalized spacial score (nSPS) is 26.3. The second-order valence-corrected chi connectivity index (χ2v) is 17.8. The summed E-state index contributed by atoms with van der Waals surface area (Å²) >= 11 is 0. The molecule has 4 aromatic rings. The van der Waals surface area contributed by atoms with Gasteiger partial charge in [0.15, 0.2) is 0 Å². The zero-order valence-corrected chi connectivity index (χ0v) is 30.4. The van der Waals surface area contributed by atoms with E-state index in [1.807, 2.05) is 0 Å². The Morgan fingerprint density at radius 2 is 1.11 bits per heavy atom. The topological polar surface area (TPSA) is 0 Å². The first kappa shape index (κ1) is 30.2. The largest absolute Gasteiger partial charge is 0.0625 e. The lowest BCUT2D eigenvalue weighted by Crippen LogP contribution is -2.64. The number of rotatable bonds is 4. The van der Waals surface area contributed by atoms with Crippen molar-refractivity contribution in [2.45, 2.75) is 105 Å². The van der Waals surface area contributed by atoms with Crippen molar-refractivity contribution in [3.05, 3.63) is 106 Å². The van der Waals surface area contributed by atoms with Crippen molar-refractivity contribution in [1.82, 2.24) is 0 Å². The van der Waals surface area contributed by atoms with E-state index in [0.717, 1.165) is 0 Å². The van der Waals surface area contributed by atoms with E-state index in [4.69, 9.17) is 0 Å². The summed E-state index contributed by atoms with van der Waals surface area (Å²) in [5.41, 5.74) is 17.0. The average molecular weight is 607 g/mol. The third-order valence-electron chi connectivity index (χ3n) is 13.4. The molecule has 46 heavy (non-hydrogen) atoms. The van der Waals surface area contributed by atoms with Gasteiger partial charge in [0.05, 0.1) is 0 Å². The summed E-state index contributed by atoms with van der Waals surface area (Å²) in [5, 5.41) is 2.97. The van der Waals surface area contributed by atoms with E-state index in [9.17, 15) is 0 Å². The van der Waals surface area contributed by atoms with Gasteiger partial charge in [0, 0.05) is 16.2 Å². The van der Waals surface area contributed by atoms with Crippen LogP contribution >= 0.6 is 0 Å². The van der Waals surface area contributed by atoms with E-state index in [0.29, 0.717) is 41.4 Å². The molecule has 0 N–H and O–H groups in total. The molecule has 1 fully saturated rings. The van der Waals surface area contributed by atoms with E-state index >= 15 is 0 Å². The fourth-order valence-electron chi connectivity index (χ4n) is 12.2. The Kier molecular flexibility index (Phi) is 6.24. The maximum atomic E-state index is 2.67. The molecule has 8 rings (SSSR count). The predicted molar refractivity (Wildman–Crippen MR) is 199 cm³/mol. The van der Waals surface area contributed by atoms with Gasteiger partial charge in [0.1, 0.15) is 0 Å². The molecule has 2 unspecified atom stereocenters. The molecular formula is C46H54. The Hall–Kier alpha value is -3.12. The zero-order valence-electron chi connectivity index (χ0n) is 30.4. The van der Waals surface area contributed by atoms with Gasteiger partial charge >= 0.3 is 0 Å². The minimum Gasteiger partial charge on any atom is -0.0625 e. The van der Waals surface area contributed by atoms with Gasteiger partial charge in [0.2, 0.25) is 0 Å². The van der Waals surface area contributed by atoms with Crippen molar-refractivity contribution in [3.8, 4) is 11.1 Å². The second kappa shape index (κ2) is 9.49. The smallest absolute Gasteiger partial charge is 0.0288 e. The Balaban J connectivity index is 1.54. The lowest BCUT2D eigenvalue weighted by molar-refractivity contribution is -0.105. The summed E-state index contributed by atoms with van der Waals surface area (Å²) in [6, 6.07) is 26.6. The van der Waals surface area contributed by atoms with E-state index in [1.165, 1.54) is 33.0 Å². The highest BCUT2D eigenvalue weighted by atomic mass is 14.7. The quantitative estimate of drug-likeness (QED) is 0.217. The first-order valence-corrected chi connectivity index (χ1v) is 18.3. The molecular weight excluding hydrogens is 553 g/mol. The summed E-state index contributed by atoms with van der Waals surface area (Å²) < 4.78 is 0. The third-order valence-corrected chi connectivity index (χ3v) is 13.4. The van der Waals surface area contributed by atoms with Crippen LogP contribution in [0.25, 0.3) is 33.0 Å². The molecule has 0 aliphatic heterocycles. The number of benzene rings is 4. The van der Waals surface area contributed by atoms with Crippen LogP contribution in [0.1, 0.15) is 128 Å². The molecule has 238 valence electrons. The van der Waals surface area contributed by atoms with Crippen molar-refractivity contribution >= 4 is 21.9 Å². The molecule has 4 aromatic carbocycles. The summed E-state index contributed by atoms with van der Waals surface area (Å²) in [7, 11) is 0. The minimum atomic E-state index is -0.0891. The molecule has 0 bridgehead atoms. The van der Waals surface area contributed by atoms with E-state index in [-0.39, 0.29) is 16.2 Å². The van der Waals surface area contributed by atoms with Crippen LogP contribution in [0.2, 0.25) is 0 Å². The van der Waals surface area contributed by atoms with Gasteiger partial charge in [-0.15, -0.1) is 0 Å². The van der Waals surface area contributed by atoms with E-state index in [2.05, 4.69) is 150 Å². The molecule has 1 saturated carbocycles. The molecule has 0 radical (unpaired) electrons. The van der Waals surface area contributed by atoms with Crippen LogP contribution in [-0.4, -0.2) is 0 Å². The highest BCUT2D eigenvalue weighted by Crippen LogP contribution is 2.75. The summed E-state index contributed by atoms with van der Waals surface area (Å²) in [4.78, 5) is 0. The fraction of sp³-hybridized carbons (Fsp3) is 0.478. The van der Waals surface area contributed by atoms with Crippen LogP contribution in [0.15, 0.2) is 66.7 Å². The third kappa shape index (κ3) is 3.32. The number of allylic oxidation sites excluding steroid dienone is 2. The molecule has 0 nitrogen and oxygen atoms in total. The van der Waals surface area contributed by atoms with Gasteiger partial charge in [-0.25, -0.2) is 0 Å². The van der Waals surface area contributed by atoms with Gasteiger partial charge < -0.3 is 0 Å². The molecule has 0 heteroatoms. The standard InChI is InChI=1S/C46H54/c1-24(2)32-23-33-37-35(22-21-31-41(37)45(11,12)42-30-19-15-16-20-34(30)44(9,10)43(31)42)46(40(33)29-18-14-13-17-28(29)32)38(26(5)6)36(25(3)4)39(46)27(7)8/h13-27,36,38-39H,1-12H3. The van der Waals surface area contributed by atoms with Gasteiger partial charge in [-0.2, -0.15) is 0 Å². The summed E-state index contributed by atoms with van der Waals surface area (Å²) in [6.07, 6.45) is 0. The Morgan fingerprint density at radius 1 is 0.522 bits per heavy atom. The minimum absolute atomic E-state index is 0.0165. The highest BCUT2D eigenvalue weighted by molar-refractivity contribution is 6.12. The molecule has 2 atom stereocenters. The fourth-order valence-corrected chi connectivity index (χ4v) is 12.2. The molecule has 0 aromatic heterocycles. The summed E-state index contributed by atoms with van der Waals surface area (Å²) in [6.45, 7) is 29.9.